The number of hydrogen-bond donors (Lipinski definition) is 2. The van der Waals surface area contributed by atoms with E-state index in [9.17, 15) is 9.90 Å². The zero-order valence-corrected chi connectivity index (χ0v) is 12.6. The largest absolute Gasteiger partial charge is 0.507 e. The minimum absolute atomic E-state index is 0.130. The molecule has 0 bridgehead atoms. The molecule has 0 unspecified atom stereocenters. The number of hydrazone groups is 1. The zero-order chi connectivity index (χ0) is 14.7. The number of halogens is 1. The molecule has 1 aromatic carbocycles. The third-order valence-corrected chi connectivity index (χ3v) is 3.23. The van der Waals surface area contributed by atoms with Crippen molar-refractivity contribution in [2.75, 3.05) is 0 Å². The van der Waals surface area contributed by atoms with Gasteiger partial charge >= 0.3 is 0 Å². The monoisotopic (exact) mass is 336 g/mol. The molecule has 104 valence electrons. The first-order valence-corrected chi connectivity index (χ1v) is 6.65. The number of rotatable bonds is 3. The van der Waals surface area contributed by atoms with Crippen LogP contribution in [0.15, 0.2) is 38.5 Å². The number of phenols is 1. The molecule has 6 heteroatoms. The second-order valence-corrected chi connectivity index (χ2v) is 5.17. The highest BCUT2D eigenvalue weighted by Gasteiger charge is 2.10. The van der Waals surface area contributed by atoms with E-state index >= 15 is 0 Å². The average molecular weight is 337 g/mol. The van der Waals surface area contributed by atoms with Crippen LogP contribution < -0.4 is 5.43 Å². The maximum absolute atomic E-state index is 11.8. The Kier molecular flexibility index (Phi) is 4.24. The fourth-order valence-electron chi connectivity index (χ4n) is 1.70. The summed E-state index contributed by atoms with van der Waals surface area (Å²) in [5.74, 6) is 0.295. The topological polar surface area (TPSA) is 74.8 Å². The van der Waals surface area contributed by atoms with Gasteiger partial charge in [0.2, 0.25) is 0 Å². The van der Waals surface area contributed by atoms with Crippen LogP contribution >= 0.6 is 15.9 Å². The van der Waals surface area contributed by atoms with Crippen LogP contribution in [-0.4, -0.2) is 17.2 Å². The lowest BCUT2D eigenvalue weighted by molar-refractivity contribution is 0.0953. The Labute approximate surface area is 124 Å². The summed E-state index contributed by atoms with van der Waals surface area (Å²) >= 11 is 3.34. The molecule has 0 saturated carbocycles. The molecular weight excluding hydrogens is 324 g/mol. The van der Waals surface area contributed by atoms with Gasteiger partial charge in [-0.25, -0.2) is 5.43 Å². The molecule has 2 N–H and O–H groups in total. The van der Waals surface area contributed by atoms with Gasteiger partial charge in [0.1, 0.15) is 11.5 Å². The lowest BCUT2D eigenvalue weighted by Gasteiger charge is -2.04. The molecule has 1 aromatic heterocycles. The molecule has 20 heavy (non-hydrogen) atoms. The smallest absolute Gasteiger partial charge is 0.274 e. The van der Waals surface area contributed by atoms with Crippen molar-refractivity contribution in [2.24, 2.45) is 5.10 Å². The van der Waals surface area contributed by atoms with Crippen molar-refractivity contribution in [3.8, 4) is 5.75 Å². The number of phenolic OH excluding ortho intramolecular Hbond substituents is 1. The standard InChI is InChI=1S/C14H13BrN2O3/c1-8-5-11(15)6-10(13(8)18)7-16-17-14(19)12-3-4-20-9(12)2/h3-7,18H,1-2H3,(H,17,19)/b16-7-. The fourth-order valence-corrected chi connectivity index (χ4v) is 2.29. The van der Waals surface area contributed by atoms with Crippen LogP contribution in [0.1, 0.15) is 27.2 Å². The third kappa shape index (κ3) is 3.08. The summed E-state index contributed by atoms with van der Waals surface area (Å²) in [6.45, 7) is 3.48. The minimum atomic E-state index is -0.362. The van der Waals surface area contributed by atoms with Gasteiger partial charge in [-0.1, -0.05) is 15.9 Å². The first-order chi connectivity index (χ1) is 9.49. The number of furan rings is 1. The number of aryl methyl sites for hydroxylation is 2. The van der Waals surface area contributed by atoms with E-state index in [1.807, 2.05) is 0 Å². The summed E-state index contributed by atoms with van der Waals surface area (Å²) in [6, 6.07) is 5.07. The highest BCUT2D eigenvalue weighted by Crippen LogP contribution is 2.25. The lowest BCUT2D eigenvalue weighted by Crippen LogP contribution is -2.17. The predicted molar refractivity (Wildman–Crippen MR) is 79.0 cm³/mol. The number of hydrogen-bond acceptors (Lipinski definition) is 4. The van der Waals surface area contributed by atoms with Gasteiger partial charge in [-0.3, -0.25) is 4.79 Å². The highest BCUT2D eigenvalue weighted by molar-refractivity contribution is 9.10. The van der Waals surface area contributed by atoms with Crippen molar-refractivity contribution < 1.29 is 14.3 Å². The molecule has 2 aromatic rings. The van der Waals surface area contributed by atoms with Gasteiger partial charge in [-0.15, -0.1) is 0 Å². The number of carbonyl (C=O) groups is 1. The molecule has 1 heterocycles. The fraction of sp³-hybridized carbons (Fsp3) is 0.143. The van der Waals surface area contributed by atoms with Crippen molar-refractivity contribution in [3.63, 3.8) is 0 Å². The van der Waals surface area contributed by atoms with Gasteiger partial charge in [0.15, 0.2) is 0 Å². The Hall–Kier alpha value is -2.08. The van der Waals surface area contributed by atoms with Gasteiger partial charge < -0.3 is 9.52 Å². The number of nitrogens with one attached hydrogen (secondary N) is 1. The average Bonchev–Trinajstić information content (AvgIpc) is 2.81. The van der Waals surface area contributed by atoms with Gasteiger partial charge in [-0.2, -0.15) is 5.10 Å². The molecule has 0 radical (unpaired) electrons. The second-order valence-electron chi connectivity index (χ2n) is 4.25. The van der Waals surface area contributed by atoms with Crippen LogP contribution in [0.3, 0.4) is 0 Å². The SMILES string of the molecule is Cc1cc(Br)cc(/C=N\NC(=O)c2ccoc2C)c1O. The number of carbonyl (C=O) groups excluding carboxylic acids is 1. The summed E-state index contributed by atoms with van der Waals surface area (Å²) < 4.78 is 5.87. The lowest BCUT2D eigenvalue weighted by atomic mass is 10.1. The first kappa shape index (κ1) is 14.3. The second kappa shape index (κ2) is 5.92. The van der Waals surface area contributed by atoms with E-state index in [4.69, 9.17) is 4.42 Å². The third-order valence-electron chi connectivity index (χ3n) is 2.77. The van der Waals surface area contributed by atoms with Crippen LogP contribution in [0.25, 0.3) is 0 Å². The molecule has 0 atom stereocenters. The van der Waals surface area contributed by atoms with E-state index in [1.54, 1.807) is 32.0 Å². The first-order valence-electron chi connectivity index (χ1n) is 5.85. The summed E-state index contributed by atoms with van der Waals surface area (Å²) in [7, 11) is 0. The van der Waals surface area contributed by atoms with E-state index in [1.165, 1.54) is 12.5 Å². The van der Waals surface area contributed by atoms with Crippen LogP contribution in [0.4, 0.5) is 0 Å². The number of nitrogens with zero attached hydrogens (tertiary/aromatic N) is 1. The minimum Gasteiger partial charge on any atom is -0.507 e. The maximum atomic E-state index is 11.8. The van der Waals surface area contributed by atoms with Crippen molar-refractivity contribution in [1.29, 1.82) is 0 Å². The molecule has 2 rings (SSSR count). The highest BCUT2D eigenvalue weighted by atomic mass is 79.9. The van der Waals surface area contributed by atoms with Crippen LogP contribution in [0, 0.1) is 13.8 Å². The molecule has 5 nitrogen and oxygen atoms in total. The molecule has 0 aliphatic carbocycles. The Balaban J connectivity index is 2.11. The molecule has 0 aliphatic rings. The van der Waals surface area contributed by atoms with Gasteiger partial charge in [0.05, 0.1) is 18.0 Å². The summed E-state index contributed by atoms with van der Waals surface area (Å²) in [5, 5.41) is 13.7. The van der Waals surface area contributed by atoms with E-state index < -0.39 is 0 Å². The summed E-state index contributed by atoms with van der Waals surface area (Å²) in [6.07, 6.45) is 2.83. The van der Waals surface area contributed by atoms with Crippen molar-refractivity contribution >= 4 is 28.1 Å². The Morgan fingerprint density at radius 2 is 2.20 bits per heavy atom. The number of benzene rings is 1. The Morgan fingerprint density at radius 1 is 1.45 bits per heavy atom. The van der Waals surface area contributed by atoms with Gasteiger partial charge in [0, 0.05) is 10.0 Å². The van der Waals surface area contributed by atoms with E-state index in [2.05, 4.69) is 26.5 Å². The molecular formula is C14H13BrN2O3. The number of amides is 1. The Morgan fingerprint density at radius 3 is 2.85 bits per heavy atom. The molecule has 0 fully saturated rings. The van der Waals surface area contributed by atoms with E-state index in [-0.39, 0.29) is 11.7 Å². The Bertz CT molecular complexity index is 677. The molecule has 1 amide bonds. The van der Waals surface area contributed by atoms with Crippen molar-refractivity contribution in [2.45, 2.75) is 13.8 Å². The van der Waals surface area contributed by atoms with Crippen molar-refractivity contribution in [1.82, 2.24) is 5.43 Å². The zero-order valence-electron chi connectivity index (χ0n) is 11.0. The van der Waals surface area contributed by atoms with E-state index in [0.29, 0.717) is 16.9 Å². The quantitative estimate of drug-likeness (QED) is 0.667. The van der Waals surface area contributed by atoms with Crippen LogP contribution in [0.2, 0.25) is 0 Å². The van der Waals surface area contributed by atoms with Crippen LogP contribution in [-0.2, 0) is 0 Å². The summed E-state index contributed by atoms with van der Waals surface area (Å²) in [5.41, 5.74) is 4.05. The van der Waals surface area contributed by atoms with Crippen molar-refractivity contribution in [3.05, 3.63) is 51.4 Å². The summed E-state index contributed by atoms with van der Waals surface area (Å²) in [4.78, 5) is 11.8. The van der Waals surface area contributed by atoms with Gasteiger partial charge in [-0.05, 0) is 37.6 Å². The molecule has 0 aliphatic heterocycles. The van der Waals surface area contributed by atoms with Crippen LogP contribution in [0.5, 0.6) is 5.75 Å². The van der Waals surface area contributed by atoms with Gasteiger partial charge in [0.25, 0.3) is 5.91 Å². The molecule has 0 spiro atoms. The number of aromatic hydroxyl groups is 1. The normalized spacial score (nSPS) is 10.9. The van der Waals surface area contributed by atoms with E-state index in [0.717, 1.165) is 10.0 Å². The maximum Gasteiger partial charge on any atom is 0.274 e. The predicted octanol–water partition coefficient (Wildman–Crippen LogP) is 3.13. The molecule has 0 saturated heterocycles.